The third kappa shape index (κ3) is 2.95. The lowest BCUT2D eigenvalue weighted by atomic mass is 10.2. The standard InChI is InChI=1S/C12H16N2O2/c1-8-6-10(12(15)16)7-11(14-8)13-5-4-9-2-3-9/h6-7,9H,2-5H2,1H3,(H,13,14)(H,15,16). The number of carbonyl (C=O) groups is 1. The summed E-state index contributed by atoms with van der Waals surface area (Å²) < 4.78 is 0. The molecule has 1 aromatic rings. The average molecular weight is 220 g/mol. The summed E-state index contributed by atoms with van der Waals surface area (Å²) in [5.41, 5.74) is 1.02. The number of aromatic nitrogens is 1. The van der Waals surface area contributed by atoms with Crippen LogP contribution in [0.2, 0.25) is 0 Å². The molecule has 0 bridgehead atoms. The number of hydrogen-bond donors (Lipinski definition) is 2. The van der Waals surface area contributed by atoms with Crippen molar-refractivity contribution in [3.05, 3.63) is 23.4 Å². The Morgan fingerprint density at radius 3 is 2.94 bits per heavy atom. The van der Waals surface area contributed by atoms with Crippen LogP contribution in [0.4, 0.5) is 5.82 Å². The Morgan fingerprint density at radius 2 is 2.31 bits per heavy atom. The summed E-state index contributed by atoms with van der Waals surface area (Å²) in [7, 11) is 0. The van der Waals surface area contributed by atoms with E-state index in [9.17, 15) is 4.79 Å². The largest absolute Gasteiger partial charge is 0.478 e. The summed E-state index contributed by atoms with van der Waals surface area (Å²) in [4.78, 5) is 15.1. The molecule has 1 aromatic heterocycles. The average Bonchev–Trinajstić information content (AvgIpc) is 3.01. The van der Waals surface area contributed by atoms with E-state index in [0.717, 1.165) is 24.6 Å². The fourth-order valence-electron chi connectivity index (χ4n) is 1.69. The quantitative estimate of drug-likeness (QED) is 0.799. The number of hydrogen-bond acceptors (Lipinski definition) is 3. The minimum atomic E-state index is -0.907. The molecule has 86 valence electrons. The maximum atomic E-state index is 10.8. The van der Waals surface area contributed by atoms with Gasteiger partial charge in [0, 0.05) is 12.2 Å². The van der Waals surface area contributed by atoms with Crippen molar-refractivity contribution in [3.8, 4) is 0 Å². The molecule has 0 saturated heterocycles. The SMILES string of the molecule is Cc1cc(C(=O)O)cc(NCCC2CC2)n1. The van der Waals surface area contributed by atoms with Crippen LogP contribution >= 0.6 is 0 Å². The van der Waals surface area contributed by atoms with Gasteiger partial charge >= 0.3 is 5.97 Å². The molecule has 2 rings (SSSR count). The number of aryl methyl sites for hydroxylation is 1. The molecule has 16 heavy (non-hydrogen) atoms. The van der Waals surface area contributed by atoms with E-state index in [2.05, 4.69) is 10.3 Å². The molecule has 0 unspecified atom stereocenters. The maximum absolute atomic E-state index is 10.8. The van der Waals surface area contributed by atoms with E-state index in [4.69, 9.17) is 5.11 Å². The number of aromatic carboxylic acids is 1. The van der Waals surface area contributed by atoms with E-state index >= 15 is 0 Å². The van der Waals surface area contributed by atoms with Crippen LogP contribution in [-0.2, 0) is 0 Å². The Balaban J connectivity index is 1.98. The van der Waals surface area contributed by atoms with Gasteiger partial charge in [0.15, 0.2) is 0 Å². The highest BCUT2D eigenvalue weighted by atomic mass is 16.4. The number of nitrogens with one attached hydrogen (secondary N) is 1. The molecule has 0 amide bonds. The first-order valence-electron chi connectivity index (χ1n) is 5.61. The van der Waals surface area contributed by atoms with Crippen molar-refractivity contribution in [2.75, 3.05) is 11.9 Å². The minimum Gasteiger partial charge on any atom is -0.478 e. The monoisotopic (exact) mass is 220 g/mol. The molecule has 2 N–H and O–H groups in total. The zero-order valence-electron chi connectivity index (χ0n) is 9.36. The topological polar surface area (TPSA) is 62.2 Å². The first-order valence-corrected chi connectivity index (χ1v) is 5.61. The smallest absolute Gasteiger partial charge is 0.335 e. The zero-order valence-corrected chi connectivity index (χ0v) is 9.36. The highest BCUT2D eigenvalue weighted by molar-refractivity contribution is 5.88. The van der Waals surface area contributed by atoms with Crippen LogP contribution in [0.3, 0.4) is 0 Å². The molecule has 0 atom stereocenters. The number of nitrogens with zero attached hydrogens (tertiary/aromatic N) is 1. The van der Waals surface area contributed by atoms with Gasteiger partial charge in [0.2, 0.25) is 0 Å². The lowest BCUT2D eigenvalue weighted by Gasteiger charge is -2.07. The summed E-state index contributed by atoms with van der Waals surface area (Å²) in [6.45, 7) is 2.68. The molecule has 0 aliphatic heterocycles. The van der Waals surface area contributed by atoms with Gasteiger partial charge in [-0.25, -0.2) is 9.78 Å². The van der Waals surface area contributed by atoms with Crippen LogP contribution in [0.25, 0.3) is 0 Å². The second-order valence-corrected chi connectivity index (χ2v) is 4.35. The summed E-state index contributed by atoms with van der Waals surface area (Å²) in [6, 6.07) is 3.16. The first kappa shape index (κ1) is 10.9. The van der Waals surface area contributed by atoms with Crippen LogP contribution < -0.4 is 5.32 Å². The van der Waals surface area contributed by atoms with Crippen molar-refractivity contribution in [1.82, 2.24) is 4.98 Å². The maximum Gasteiger partial charge on any atom is 0.335 e. The van der Waals surface area contributed by atoms with Crippen molar-refractivity contribution in [1.29, 1.82) is 0 Å². The molecular weight excluding hydrogens is 204 g/mol. The summed E-state index contributed by atoms with van der Waals surface area (Å²) in [5, 5.41) is 12.1. The molecule has 0 spiro atoms. The molecule has 0 radical (unpaired) electrons. The lowest BCUT2D eigenvalue weighted by Crippen LogP contribution is -2.07. The number of pyridine rings is 1. The molecular formula is C12H16N2O2. The van der Waals surface area contributed by atoms with Crippen LogP contribution in [0.15, 0.2) is 12.1 Å². The third-order valence-corrected chi connectivity index (χ3v) is 2.76. The summed E-state index contributed by atoms with van der Waals surface area (Å²) in [5.74, 6) is 0.630. The van der Waals surface area contributed by atoms with E-state index in [-0.39, 0.29) is 0 Å². The predicted octanol–water partition coefficient (Wildman–Crippen LogP) is 2.30. The van der Waals surface area contributed by atoms with Crippen LogP contribution in [0.5, 0.6) is 0 Å². The number of carboxylic acids is 1. The minimum absolute atomic E-state index is 0.293. The number of carboxylic acid groups (broad SMARTS) is 1. The van der Waals surface area contributed by atoms with Crippen LogP contribution in [0, 0.1) is 12.8 Å². The van der Waals surface area contributed by atoms with Gasteiger partial charge in [-0.15, -0.1) is 0 Å². The van der Waals surface area contributed by atoms with E-state index in [0.29, 0.717) is 11.4 Å². The van der Waals surface area contributed by atoms with Crippen molar-refractivity contribution < 1.29 is 9.90 Å². The molecule has 1 aliphatic rings. The molecule has 0 aromatic carbocycles. The van der Waals surface area contributed by atoms with Gasteiger partial charge in [-0.3, -0.25) is 0 Å². The van der Waals surface area contributed by atoms with E-state index in [1.165, 1.54) is 12.8 Å². The molecule has 1 saturated carbocycles. The summed E-state index contributed by atoms with van der Waals surface area (Å²) >= 11 is 0. The molecule has 1 aliphatic carbocycles. The first-order chi connectivity index (χ1) is 7.65. The molecule has 1 fully saturated rings. The number of anilines is 1. The number of rotatable bonds is 5. The van der Waals surface area contributed by atoms with Crippen LogP contribution in [-0.4, -0.2) is 22.6 Å². The summed E-state index contributed by atoms with van der Waals surface area (Å²) in [6.07, 6.45) is 3.82. The van der Waals surface area contributed by atoms with Crippen molar-refractivity contribution >= 4 is 11.8 Å². The Hall–Kier alpha value is -1.58. The van der Waals surface area contributed by atoms with Gasteiger partial charge in [0.05, 0.1) is 5.56 Å². The van der Waals surface area contributed by atoms with Crippen LogP contribution in [0.1, 0.15) is 35.3 Å². The van der Waals surface area contributed by atoms with E-state index < -0.39 is 5.97 Å². The van der Waals surface area contributed by atoms with Gasteiger partial charge in [-0.05, 0) is 31.4 Å². The highest BCUT2D eigenvalue weighted by Crippen LogP contribution is 2.32. The highest BCUT2D eigenvalue weighted by Gasteiger charge is 2.20. The van der Waals surface area contributed by atoms with Crippen molar-refractivity contribution in [2.45, 2.75) is 26.2 Å². The Morgan fingerprint density at radius 1 is 1.56 bits per heavy atom. The van der Waals surface area contributed by atoms with E-state index in [1.807, 2.05) is 0 Å². The Kier molecular flexibility index (Phi) is 3.08. The Bertz CT molecular complexity index is 400. The van der Waals surface area contributed by atoms with Gasteiger partial charge in [0.1, 0.15) is 5.82 Å². The zero-order chi connectivity index (χ0) is 11.5. The molecule has 1 heterocycles. The van der Waals surface area contributed by atoms with Gasteiger partial charge in [-0.2, -0.15) is 0 Å². The fraction of sp³-hybridized carbons (Fsp3) is 0.500. The fourth-order valence-corrected chi connectivity index (χ4v) is 1.69. The second-order valence-electron chi connectivity index (χ2n) is 4.35. The van der Waals surface area contributed by atoms with Crippen molar-refractivity contribution in [3.63, 3.8) is 0 Å². The second kappa shape index (κ2) is 4.51. The Labute approximate surface area is 94.7 Å². The third-order valence-electron chi connectivity index (χ3n) is 2.76. The lowest BCUT2D eigenvalue weighted by molar-refractivity contribution is 0.0696. The van der Waals surface area contributed by atoms with Crippen molar-refractivity contribution in [2.24, 2.45) is 5.92 Å². The van der Waals surface area contributed by atoms with Gasteiger partial charge in [-0.1, -0.05) is 12.8 Å². The van der Waals surface area contributed by atoms with Gasteiger partial charge < -0.3 is 10.4 Å². The predicted molar refractivity (Wildman–Crippen MR) is 61.8 cm³/mol. The van der Waals surface area contributed by atoms with Gasteiger partial charge in [0.25, 0.3) is 0 Å². The molecule has 4 heteroatoms. The normalized spacial score (nSPS) is 14.8. The van der Waals surface area contributed by atoms with E-state index in [1.54, 1.807) is 19.1 Å². The molecule has 4 nitrogen and oxygen atoms in total.